The van der Waals surface area contributed by atoms with Gasteiger partial charge in [0.2, 0.25) is 0 Å². The molecule has 0 spiro atoms. The smallest absolute Gasteiger partial charge is 0.330 e. The van der Waals surface area contributed by atoms with Crippen LogP contribution in [0.2, 0.25) is 0 Å². The number of rotatable bonds is 13. The quantitative estimate of drug-likeness (QED) is 0.237. The Morgan fingerprint density at radius 3 is 1.76 bits per heavy atom. The normalized spacial score (nSPS) is 23.0. The summed E-state index contributed by atoms with van der Waals surface area (Å²) in [7, 11) is 1.50. The summed E-state index contributed by atoms with van der Waals surface area (Å²) in [5.74, 6) is -0.602. The second kappa shape index (κ2) is 14.6. The van der Waals surface area contributed by atoms with E-state index < -0.39 is 36.7 Å². The number of methoxy groups -OCH3 is 1. The molecule has 5 atom stereocenters. The molecule has 1 heterocycles. The topological polar surface area (TPSA) is 72.5 Å². The van der Waals surface area contributed by atoms with E-state index in [-0.39, 0.29) is 13.2 Å². The van der Waals surface area contributed by atoms with Crippen LogP contribution < -0.4 is 0 Å². The van der Waals surface area contributed by atoms with Crippen LogP contribution in [0.5, 0.6) is 0 Å². The van der Waals surface area contributed by atoms with Crippen molar-refractivity contribution in [2.24, 2.45) is 0 Å². The highest BCUT2D eigenvalue weighted by atomic mass is 16.7. The maximum absolute atomic E-state index is 12.3. The average molecular weight is 519 g/mol. The largest absolute Gasteiger partial charge is 0.451 e. The zero-order valence-corrected chi connectivity index (χ0v) is 21.5. The third-order valence-corrected chi connectivity index (χ3v) is 6.21. The number of esters is 1. The van der Waals surface area contributed by atoms with Crippen LogP contribution in [0.1, 0.15) is 16.7 Å². The molecule has 0 unspecified atom stereocenters. The van der Waals surface area contributed by atoms with Gasteiger partial charge in [0.05, 0.1) is 26.4 Å². The van der Waals surface area contributed by atoms with Crippen molar-refractivity contribution in [3.05, 3.63) is 120 Å². The van der Waals surface area contributed by atoms with Gasteiger partial charge in [0.1, 0.15) is 18.3 Å². The number of hydrogen-bond donors (Lipinski definition) is 0. The molecule has 1 aliphatic rings. The first kappa shape index (κ1) is 27.7. The number of benzene rings is 3. The van der Waals surface area contributed by atoms with Gasteiger partial charge in [-0.15, -0.1) is 0 Å². The predicted octanol–water partition coefficient (Wildman–Crippen LogP) is 4.84. The van der Waals surface area contributed by atoms with Crippen LogP contribution in [-0.2, 0) is 53.0 Å². The van der Waals surface area contributed by atoms with Gasteiger partial charge in [-0.25, -0.2) is 4.79 Å². The van der Waals surface area contributed by atoms with Crippen LogP contribution in [0.15, 0.2) is 104 Å². The fraction of sp³-hybridized carbons (Fsp3) is 0.323. The van der Waals surface area contributed by atoms with E-state index in [1.54, 1.807) is 0 Å². The number of carbonyl (C=O) groups excluding carboxylic acids is 1. The van der Waals surface area contributed by atoms with Crippen molar-refractivity contribution in [3.63, 3.8) is 0 Å². The molecule has 0 aliphatic carbocycles. The fourth-order valence-corrected chi connectivity index (χ4v) is 4.30. The Hall–Kier alpha value is -3.33. The highest BCUT2D eigenvalue weighted by Gasteiger charge is 2.50. The summed E-state index contributed by atoms with van der Waals surface area (Å²) in [6, 6.07) is 29.5. The first-order chi connectivity index (χ1) is 18.7. The van der Waals surface area contributed by atoms with E-state index in [4.69, 9.17) is 28.4 Å². The molecule has 7 heteroatoms. The van der Waals surface area contributed by atoms with Crippen molar-refractivity contribution in [1.29, 1.82) is 0 Å². The maximum atomic E-state index is 12.3. The summed E-state index contributed by atoms with van der Waals surface area (Å²) in [4.78, 5) is 12.3. The van der Waals surface area contributed by atoms with Crippen LogP contribution in [0.25, 0.3) is 0 Å². The van der Waals surface area contributed by atoms with Gasteiger partial charge in [-0.2, -0.15) is 0 Å². The molecule has 0 amide bonds. The van der Waals surface area contributed by atoms with Crippen molar-refractivity contribution in [1.82, 2.24) is 0 Å². The highest BCUT2D eigenvalue weighted by Crippen LogP contribution is 2.31. The first-order valence-corrected chi connectivity index (χ1v) is 12.6. The van der Waals surface area contributed by atoms with Crippen LogP contribution >= 0.6 is 0 Å². The standard InChI is InChI=1S/C31H34O7/c1-3-27(32)38-30-29(36-21-25-17-11-6-12-18-25)28(35-20-24-15-9-5-10-16-24)26(37-31(30)33-2)22-34-19-23-13-7-4-8-14-23/h3-18,26,28-31H,1,19-22H2,2H3/t26-,28-,29+,30+,31+/m1/s1. The van der Waals surface area contributed by atoms with Gasteiger partial charge in [-0.3, -0.25) is 0 Å². The maximum Gasteiger partial charge on any atom is 0.330 e. The van der Waals surface area contributed by atoms with Gasteiger partial charge in [0.25, 0.3) is 0 Å². The van der Waals surface area contributed by atoms with Gasteiger partial charge in [0.15, 0.2) is 12.4 Å². The summed E-state index contributed by atoms with van der Waals surface area (Å²) in [5, 5.41) is 0. The second-order valence-electron chi connectivity index (χ2n) is 8.91. The summed E-state index contributed by atoms with van der Waals surface area (Å²) in [6.07, 6.45) is -2.54. The lowest BCUT2D eigenvalue weighted by Crippen LogP contribution is -2.62. The molecule has 38 heavy (non-hydrogen) atoms. The van der Waals surface area contributed by atoms with E-state index in [0.29, 0.717) is 13.2 Å². The van der Waals surface area contributed by atoms with Gasteiger partial charge >= 0.3 is 5.97 Å². The molecule has 1 saturated heterocycles. The molecule has 3 aromatic rings. The lowest BCUT2D eigenvalue weighted by Gasteiger charge is -2.45. The molecule has 4 rings (SSSR count). The minimum atomic E-state index is -0.889. The Morgan fingerprint density at radius 1 is 0.763 bits per heavy atom. The van der Waals surface area contributed by atoms with Crippen LogP contribution in [0.4, 0.5) is 0 Å². The summed E-state index contributed by atoms with van der Waals surface area (Å²) in [5.41, 5.74) is 3.01. The molecule has 7 nitrogen and oxygen atoms in total. The van der Waals surface area contributed by atoms with E-state index in [1.807, 2.05) is 91.0 Å². The lowest BCUT2D eigenvalue weighted by molar-refractivity contribution is -0.315. The van der Waals surface area contributed by atoms with E-state index in [9.17, 15) is 4.79 Å². The molecule has 1 aliphatic heterocycles. The molecule has 0 bridgehead atoms. The van der Waals surface area contributed by atoms with E-state index in [0.717, 1.165) is 22.8 Å². The monoisotopic (exact) mass is 518 g/mol. The predicted molar refractivity (Wildman–Crippen MR) is 142 cm³/mol. The second-order valence-corrected chi connectivity index (χ2v) is 8.91. The molecular formula is C31H34O7. The summed E-state index contributed by atoms with van der Waals surface area (Å²) in [6.45, 7) is 4.76. The SMILES string of the molecule is C=CC(=O)O[C@@H]1[C@@H](OC)O[C@H](COCc2ccccc2)[C@@H](OCc2ccccc2)[C@@H]1OCc1ccccc1. The third-order valence-electron chi connectivity index (χ3n) is 6.21. The average Bonchev–Trinajstić information content (AvgIpc) is 2.97. The Morgan fingerprint density at radius 2 is 1.26 bits per heavy atom. The molecule has 0 saturated carbocycles. The van der Waals surface area contributed by atoms with Gasteiger partial charge < -0.3 is 28.4 Å². The molecule has 1 fully saturated rings. The minimum Gasteiger partial charge on any atom is -0.451 e. The number of hydrogen-bond acceptors (Lipinski definition) is 7. The summed E-state index contributed by atoms with van der Waals surface area (Å²) < 4.78 is 36.4. The van der Waals surface area contributed by atoms with Crippen LogP contribution in [-0.4, -0.2) is 50.4 Å². The molecule has 0 N–H and O–H groups in total. The third kappa shape index (κ3) is 7.84. The Labute approximate surface area is 223 Å². The Kier molecular flexibility index (Phi) is 10.6. The van der Waals surface area contributed by atoms with Gasteiger partial charge in [-0.1, -0.05) is 97.6 Å². The lowest BCUT2D eigenvalue weighted by atomic mass is 9.98. The van der Waals surface area contributed by atoms with Crippen molar-refractivity contribution < 1.29 is 33.2 Å². The minimum absolute atomic E-state index is 0.224. The van der Waals surface area contributed by atoms with E-state index >= 15 is 0 Å². The number of carbonyl (C=O) groups is 1. The van der Waals surface area contributed by atoms with Crippen molar-refractivity contribution >= 4 is 5.97 Å². The van der Waals surface area contributed by atoms with Crippen molar-refractivity contribution in [2.75, 3.05) is 13.7 Å². The van der Waals surface area contributed by atoms with Crippen LogP contribution in [0.3, 0.4) is 0 Å². The molecule has 200 valence electrons. The number of ether oxygens (including phenoxy) is 6. The fourth-order valence-electron chi connectivity index (χ4n) is 4.30. The Balaban J connectivity index is 1.58. The zero-order chi connectivity index (χ0) is 26.6. The molecule has 3 aromatic carbocycles. The van der Waals surface area contributed by atoms with Crippen molar-refractivity contribution in [3.8, 4) is 0 Å². The zero-order valence-electron chi connectivity index (χ0n) is 21.5. The van der Waals surface area contributed by atoms with E-state index in [2.05, 4.69) is 6.58 Å². The molecular weight excluding hydrogens is 484 g/mol. The van der Waals surface area contributed by atoms with Gasteiger partial charge in [0, 0.05) is 13.2 Å². The van der Waals surface area contributed by atoms with Gasteiger partial charge in [-0.05, 0) is 16.7 Å². The molecule has 0 aromatic heterocycles. The van der Waals surface area contributed by atoms with Crippen LogP contribution in [0, 0.1) is 0 Å². The summed E-state index contributed by atoms with van der Waals surface area (Å²) >= 11 is 0. The van der Waals surface area contributed by atoms with E-state index in [1.165, 1.54) is 7.11 Å². The highest BCUT2D eigenvalue weighted by molar-refractivity contribution is 5.81. The Bertz CT molecular complexity index is 1110. The molecule has 0 radical (unpaired) electrons. The van der Waals surface area contributed by atoms with Crippen molar-refractivity contribution in [2.45, 2.75) is 50.5 Å². The first-order valence-electron chi connectivity index (χ1n) is 12.6.